The van der Waals surface area contributed by atoms with E-state index in [9.17, 15) is 0 Å². The summed E-state index contributed by atoms with van der Waals surface area (Å²) in [6.45, 7) is 4.27. The Morgan fingerprint density at radius 3 is 2.74 bits per heavy atom. The zero-order chi connectivity index (χ0) is 21.2. The van der Waals surface area contributed by atoms with Crippen LogP contribution in [-0.4, -0.2) is 51.1 Å². The van der Waals surface area contributed by atoms with Gasteiger partial charge in [-0.15, -0.1) is 0 Å². The van der Waals surface area contributed by atoms with Gasteiger partial charge in [0.25, 0.3) is 0 Å². The summed E-state index contributed by atoms with van der Waals surface area (Å²) in [5.74, 6) is 0. The fourth-order valence-corrected chi connectivity index (χ4v) is 5.63. The number of rotatable bonds is 5. The lowest BCUT2D eigenvalue weighted by atomic mass is 9.94. The van der Waals surface area contributed by atoms with Gasteiger partial charge in [0.1, 0.15) is 5.03 Å². The first-order chi connectivity index (χ1) is 15.2. The second-order valence-corrected chi connectivity index (χ2v) is 9.29. The predicted octanol–water partition coefficient (Wildman–Crippen LogP) is 4.97. The molecule has 0 unspecified atom stereocenters. The van der Waals surface area contributed by atoms with Crippen molar-refractivity contribution in [2.24, 2.45) is 4.99 Å². The van der Waals surface area contributed by atoms with Crippen LogP contribution in [-0.2, 0) is 11.3 Å². The van der Waals surface area contributed by atoms with Gasteiger partial charge in [0, 0.05) is 30.6 Å². The highest BCUT2D eigenvalue weighted by molar-refractivity contribution is 8.13. The van der Waals surface area contributed by atoms with Crippen molar-refractivity contribution >= 4 is 28.0 Å². The Labute approximate surface area is 187 Å². The van der Waals surface area contributed by atoms with Crippen molar-refractivity contribution in [1.29, 1.82) is 0 Å². The van der Waals surface area contributed by atoms with Crippen LogP contribution in [0.15, 0.2) is 46.4 Å². The van der Waals surface area contributed by atoms with Crippen LogP contribution in [0.2, 0.25) is 0 Å². The van der Waals surface area contributed by atoms with E-state index in [2.05, 4.69) is 30.0 Å². The summed E-state index contributed by atoms with van der Waals surface area (Å²) in [6, 6.07) is 13.1. The molecule has 6 nitrogen and oxygen atoms in total. The third-order valence-electron chi connectivity index (χ3n) is 6.22. The van der Waals surface area contributed by atoms with E-state index in [4.69, 9.17) is 19.8 Å². The molecule has 0 amide bonds. The van der Waals surface area contributed by atoms with Crippen molar-refractivity contribution in [3.05, 3.63) is 47.7 Å². The molecule has 162 valence electrons. The summed E-state index contributed by atoms with van der Waals surface area (Å²) in [5, 5.41) is 8.07. The number of hydrogen-bond acceptors (Lipinski definition) is 5. The molecule has 0 spiro atoms. The van der Waals surface area contributed by atoms with Crippen LogP contribution in [0, 0.1) is 6.92 Å². The molecule has 2 aliphatic rings. The minimum atomic E-state index is 0.569. The van der Waals surface area contributed by atoms with E-state index in [1.165, 1.54) is 37.7 Å². The van der Waals surface area contributed by atoms with E-state index in [0.717, 1.165) is 39.2 Å². The number of aromatic nitrogens is 3. The molecule has 1 aromatic carbocycles. The van der Waals surface area contributed by atoms with E-state index < -0.39 is 0 Å². The maximum absolute atomic E-state index is 5.25. The van der Waals surface area contributed by atoms with Crippen LogP contribution in [0.5, 0.6) is 0 Å². The molecule has 1 fully saturated rings. The van der Waals surface area contributed by atoms with Crippen molar-refractivity contribution in [3.8, 4) is 5.69 Å². The summed E-state index contributed by atoms with van der Waals surface area (Å²) >= 11 is 1.71. The third-order valence-corrected chi connectivity index (χ3v) is 7.31. The van der Waals surface area contributed by atoms with E-state index >= 15 is 0 Å². The summed E-state index contributed by atoms with van der Waals surface area (Å²) in [7, 11) is 1.73. The largest absolute Gasteiger partial charge is 0.383 e. The fraction of sp³-hybridized carbons (Fsp3) is 0.458. The molecule has 7 heteroatoms. The molecule has 2 aromatic heterocycles. The maximum atomic E-state index is 5.25. The molecule has 0 radical (unpaired) electrons. The highest BCUT2D eigenvalue weighted by Gasteiger charge is 2.31. The molecular weight excluding hydrogens is 406 g/mol. The first-order valence-corrected chi connectivity index (χ1v) is 12.0. The van der Waals surface area contributed by atoms with Crippen molar-refractivity contribution in [2.75, 3.05) is 20.3 Å². The number of benzene rings is 1. The highest BCUT2D eigenvalue weighted by atomic mass is 32.2. The van der Waals surface area contributed by atoms with Gasteiger partial charge < -0.3 is 9.64 Å². The molecule has 0 saturated heterocycles. The number of hydrogen-bond donors (Lipinski definition) is 0. The summed E-state index contributed by atoms with van der Waals surface area (Å²) < 4.78 is 7.21. The summed E-state index contributed by atoms with van der Waals surface area (Å²) in [4.78, 5) is 12.5. The van der Waals surface area contributed by atoms with Gasteiger partial charge in [0.05, 0.1) is 24.5 Å². The Morgan fingerprint density at radius 2 is 1.97 bits per heavy atom. The molecule has 0 N–H and O–H groups in total. The lowest BCUT2D eigenvalue weighted by molar-refractivity contribution is 0.206. The van der Waals surface area contributed by atoms with Gasteiger partial charge >= 0.3 is 0 Å². The number of aryl methyl sites for hydroxylation is 1. The molecule has 3 aromatic rings. The van der Waals surface area contributed by atoms with Gasteiger partial charge in [-0.2, -0.15) is 5.10 Å². The first kappa shape index (κ1) is 20.5. The number of thioether (sulfide) groups is 1. The normalized spacial score (nSPS) is 18.6. The van der Waals surface area contributed by atoms with Crippen molar-refractivity contribution < 1.29 is 4.74 Å². The number of fused-ring (bicyclic) bond motifs is 2. The number of pyridine rings is 1. The second kappa shape index (κ2) is 9.01. The van der Waals surface area contributed by atoms with E-state index in [1.807, 2.05) is 22.9 Å². The minimum absolute atomic E-state index is 0.569. The van der Waals surface area contributed by atoms with Gasteiger partial charge in [0.2, 0.25) is 0 Å². The van der Waals surface area contributed by atoms with Gasteiger partial charge in [-0.25, -0.2) is 9.67 Å². The monoisotopic (exact) mass is 435 g/mol. The number of ether oxygens (including phenoxy) is 1. The van der Waals surface area contributed by atoms with E-state index in [0.29, 0.717) is 19.2 Å². The molecule has 1 aliphatic heterocycles. The number of aliphatic imine (C=N–C) groups is 1. The fourth-order valence-electron chi connectivity index (χ4n) is 4.59. The summed E-state index contributed by atoms with van der Waals surface area (Å²) in [6.07, 6.45) is 6.47. The van der Waals surface area contributed by atoms with Gasteiger partial charge in [-0.3, -0.25) is 4.99 Å². The molecular formula is C24H29N5OS. The Balaban J connectivity index is 1.55. The minimum Gasteiger partial charge on any atom is -0.383 e. The van der Waals surface area contributed by atoms with E-state index in [-0.39, 0.29) is 0 Å². The second-order valence-electron chi connectivity index (χ2n) is 8.34. The zero-order valence-electron chi connectivity index (χ0n) is 18.3. The molecule has 3 heterocycles. The number of amidine groups is 1. The quantitative estimate of drug-likeness (QED) is 0.530. The predicted molar refractivity (Wildman–Crippen MR) is 126 cm³/mol. The van der Waals surface area contributed by atoms with Crippen LogP contribution in [0.4, 0.5) is 0 Å². The van der Waals surface area contributed by atoms with Crippen LogP contribution in [0.25, 0.3) is 16.7 Å². The highest BCUT2D eigenvalue weighted by Crippen LogP contribution is 2.37. The molecule has 1 aliphatic carbocycles. The summed E-state index contributed by atoms with van der Waals surface area (Å²) in [5.41, 5.74) is 4.25. The van der Waals surface area contributed by atoms with Gasteiger partial charge in [-0.1, -0.05) is 37.5 Å². The molecule has 5 rings (SSSR count). The number of para-hydroxylation sites is 1. The molecule has 1 saturated carbocycles. The lowest BCUT2D eigenvalue weighted by Crippen LogP contribution is -2.42. The Hall–Kier alpha value is -2.38. The lowest BCUT2D eigenvalue weighted by Gasteiger charge is -2.39. The third kappa shape index (κ3) is 4.08. The van der Waals surface area contributed by atoms with Gasteiger partial charge in [-0.05, 0) is 49.7 Å². The Kier molecular flexibility index (Phi) is 5.96. The van der Waals surface area contributed by atoms with Gasteiger partial charge in [0.15, 0.2) is 10.8 Å². The SMILES string of the molecule is COCCN=C1Sc2nc3c(cc2CN1C1CCCCC1)c(C)nn3-c1ccccc1. The smallest absolute Gasteiger partial charge is 0.166 e. The van der Waals surface area contributed by atoms with Crippen molar-refractivity contribution in [2.45, 2.75) is 56.6 Å². The first-order valence-electron chi connectivity index (χ1n) is 11.2. The maximum Gasteiger partial charge on any atom is 0.166 e. The Morgan fingerprint density at radius 1 is 1.16 bits per heavy atom. The van der Waals surface area contributed by atoms with Crippen LogP contribution in [0.3, 0.4) is 0 Å². The standard InChI is InChI=1S/C24H29N5OS/c1-17-21-15-18-16-28(19-9-5-3-6-10-19)24(25-13-14-30-2)31-23(18)26-22(21)29(27-17)20-11-7-4-8-12-20/h4,7-8,11-12,15,19H,3,5-6,9-10,13-14,16H2,1-2H3. The van der Waals surface area contributed by atoms with Crippen LogP contribution < -0.4 is 0 Å². The Bertz CT molecular complexity index is 1090. The molecule has 0 bridgehead atoms. The average Bonchev–Trinajstić information content (AvgIpc) is 3.14. The van der Waals surface area contributed by atoms with Crippen molar-refractivity contribution in [1.82, 2.24) is 19.7 Å². The molecule has 31 heavy (non-hydrogen) atoms. The van der Waals surface area contributed by atoms with Crippen LogP contribution >= 0.6 is 11.8 Å². The average molecular weight is 436 g/mol. The number of methoxy groups -OCH3 is 1. The zero-order valence-corrected chi connectivity index (χ0v) is 19.1. The molecule has 0 atom stereocenters. The topological polar surface area (TPSA) is 55.5 Å². The number of nitrogens with zero attached hydrogens (tertiary/aromatic N) is 5. The van der Waals surface area contributed by atoms with E-state index in [1.54, 1.807) is 18.9 Å². The van der Waals surface area contributed by atoms with Crippen LogP contribution in [0.1, 0.15) is 43.4 Å². The van der Waals surface area contributed by atoms with Crippen molar-refractivity contribution in [3.63, 3.8) is 0 Å².